The summed E-state index contributed by atoms with van der Waals surface area (Å²) in [6, 6.07) is 3.41. The molecule has 1 aromatic rings. The Balaban J connectivity index is 2.85. The Morgan fingerprint density at radius 2 is 2.12 bits per heavy atom. The smallest absolute Gasteiger partial charge is 0.209 e. The fourth-order valence-corrected chi connectivity index (χ4v) is 1.36. The summed E-state index contributed by atoms with van der Waals surface area (Å²) in [5, 5.41) is 0. The van der Waals surface area contributed by atoms with Crippen molar-refractivity contribution in [3.05, 3.63) is 41.0 Å². The normalized spacial score (nSPS) is 11.4. The molecule has 0 aromatic heterocycles. The maximum absolute atomic E-state index is 13.3. The van der Waals surface area contributed by atoms with E-state index in [-0.39, 0.29) is 0 Å². The van der Waals surface area contributed by atoms with Crippen molar-refractivity contribution in [2.75, 3.05) is 13.6 Å². The van der Waals surface area contributed by atoms with Gasteiger partial charge in [-0.3, -0.25) is 4.79 Å². The molecule has 0 atom stereocenters. The molecule has 0 aliphatic heterocycles. The van der Waals surface area contributed by atoms with Crippen molar-refractivity contribution in [3.8, 4) is 0 Å². The van der Waals surface area contributed by atoms with E-state index < -0.39 is 11.6 Å². The molecular formula is C12H13F2NO. The summed E-state index contributed by atoms with van der Waals surface area (Å²) in [5.41, 5.74) is 1.14. The van der Waals surface area contributed by atoms with Gasteiger partial charge in [0.05, 0.1) is 0 Å². The Bertz CT molecular complexity index is 415. The highest BCUT2D eigenvalue weighted by molar-refractivity contribution is 5.55. The van der Waals surface area contributed by atoms with Crippen LogP contribution in [0.2, 0.25) is 0 Å². The lowest BCUT2D eigenvalue weighted by Crippen LogP contribution is -2.17. The summed E-state index contributed by atoms with van der Waals surface area (Å²) in [6.07, 6.45) is 2.28. The van der Waals surface area contributed by atoms with Gasteiger partial charge < -0.3 is 4.90 Å². The van der Waals surface area contributed by atoms with E-state index in [2.05, 4.69) is 0 Å². The van der Waals surface area contributed by atoms with Crippen molar-refractivity contribution in [2.45, 2.75) is 6.92 Å². The number of nitrogens with zero attached hydrogens (tertiary/aromatic N) is 1. The summed E-state index contributed by atoms with van der Waals surface area (Å²) >= 11 is 0. The lowest BCUT2D eigenvalue weighted by atomic mass is 10.1. The molecule has 0 saturated carbocycles. The summed E-state index contributed by atoms with van der Waals surface area (Å²) in [7, 11) is 1.63. The average Bonchev–Trinajstić information content (AvgIpc) is 2.22. The summed E-state index contributed by atoms with van der Waals surface area (Å²) in [4.78, 5) is 11.8. The lowest BCUT2D eigenvalue weighted by molar-refractivity contribution is -0.116. The maximum Gasteiger partial charge on any atom is 0.209 e. The molecule has 0 heterocycles. The molecule has 0 fully saturated rings. The third kappa shape index (κ3) is 3.46. The van der Waals surface area contributed by atoms with Crippen molar-refractivity contribution in [1.82, 2.24) is 4.90 Å². The number of benzene rings is 1. The van der Waals surface area contributed by atoms with Gasteiger partial charge in [-0.25, -0.2) is 8.78 Å². The molecule has 1 rings (SSSR count). The first kappa shape index (κ1) is 12.4. The van der Waals surface area contributed by atoms with Crippen LogP contribution in [0.5, 0.6) is 0 Å². The quantitative estimate of drug-likeness (QED) is 0.721. The van der Waals surface area contributed by atoms with Gasteiger partial charge in [0, 0.05) is 25.2 Å². The van der Waals surface area contributed by atoms with Gasteiger partial charge in [0.25, 0.3) is 0 Å². The van der Waals surface area contributed by atoms with Crippen molar-refractivity contribution >= 4 is 12.5 Å². The van der Waals surface area contributed by atoms with E-state index in [4.69, 9.17) is 0 Å². The summed E-state index contributed by atoms with van der Waals surface area (Å²) < 4.78 is 25.9. The van der Waals surface area contributed by atoms with Crippen molar-refractivity contribution in [2.24, 2.45) is 0 Å². The fraction of sp³-hybridized carbons (Fsp3) is 0.250. The maximum atomic E-state index is 13.3. The minimum atomic E-state index is -0.604. The lowest BCUT2D eigenvalue weighted by Gasteiger charge is -2.10. The Hall–Kier alpha value is -1.71. The molecule has 0 bridgehead atoms. The molecule has 0 aliphatic rings. The third-order valence-electron chi connectivity index (χ3n) is 2.04. The molecule has 1 aromatic carbocycles. The van der Waals surface area contributed by atoms with E-state index in [1.54, 1.807) is 20.0 Å². The number of carbonyl (C=O) groups is 1. The minimum absolute atomic E-state index is 0.318. The Morgan fingerprint density at radius 3 is 2.69 bits per heavy atom. The number of hydrogen-bond donors (Lipinski definition) is 0. The SMILES string of the molecule is C/C(=C\c1ccc(F)cc1F)CN(C)C=O. The first-order valence-corrected chi connectivity index (χ1v) is 4.80. The standard InChI is InChI=1S/C12H13F2NO/c1-9(7-15(2)8-16)5-10-3-4-11(13)6-12(10)14/h3-6,8H,7H2,1-2H3/b9-5+. The summed E-state index contributed by atoms with van der Waals surface area (Å²) in [6.45, 7) is 2.20. The van der Waals surface area contributed by atoms with E-state index in [1.807, 2.05) is 0 Å². The van der Waals surface area contributed by atoms with Crippen LogP contribution in [0.3, 0.4) is 0 Å². The van der Waals surface area contributed by atoms with Gasteiger partial charge in [0.15, 0.2) is 0 Å². The molecule has 0 radical (unpaired) electrons. The molecule has 4 heteroatoms. The molecule has 1 amide bonds. The van der Waals surface area contributed by atoms with Gasteiger partial charge in [0.1, 0.15) is 11.6 Å². The highest BCUT2D eigenvalue weighted by Crippen LogP contribution is 2.13. The van der Waals surface area contributed by atoms with Crippen LogP contribution in [0, 0.1) is 11.6 Å². The van der Waals surface area contributed by atoms with Crippen LogP contribution in [-0.4, -0.2) is 24.9 Å². The largest absolute Gasteiger partial charge is 0.344 e. The van der Waals surface area contributed by atoms with E-state index in [0.29, 0.717) is 18.5 Å². The monoisotopic (exact) mass is 225 g/mol. The predicted molar refractivity (Wildman–Crippen MR) is 58.7 cm³/mol. The molecule has 0 saturated heterocycles. The first-order valence-electron chi connectivity index (χ1n) is 4.80. The first-order chi connectivity index (χ1) is 7.52. The van der Waals surface area contributed by atoms with E-state index in [0.717, 1.165) is 11.6 Å². The Kier molecular flexibility index (Phi) is 4.17. The molecule has 0 unspecified atom stereocenters. The number of likely N-dealkylation sites (N-methyl/N-ethyl adjacent to an activating group) is 1. The van der Waals surface area contributed by atoms with Gasteiger partial charge >= 0.3 is 0 Å². The van der Waals surface area contributed by atoms with Crippen LogP contribution in [0.4, 0.5) is 8.78 Å². The van der Waals surface area contributed by atoms with Crippen LogP contribution in [-0.2, 0) is 4.79 Å². The zero-order valence-electron chi connectivity index (χ0n) is 9.21. The van der Waals surface area contributed by atoms with Gasteiger partial charge in [0.2, 0.25) is 6.41 Å². The minimum Gasteiger partial charge on any atom is -0.344 e. The highest BCUT2D eigenvalue weighted by atomic mass is 19.1. The predicted octanol–water partition coefficient (Wildman–Crippen LogP) is 2.46. The van der Waals surface area contributed by atoms with E-state index in [9.17, 15) is 13.6 Å². The molecule has 0 aliphatic carbocycles. The second-order valence-corrected chi connectivity index (χ2v) is 3.68. The molecule has 0 N–H and O–H groups in total. The number of amides is 1. The van der Waals surface area contributed by atoms with Crippen LogP contribution in [0.15, 0.2) is 23.8 Å². The van der Waals surface area contributed by atoms with Crippen LogP contribution < -0.4 is 0 Å². The Labute approximate surface area is 93.2 Å². The summed E-state index contributed by atoms with van der Waals surface area (Å²) in [5.74, 6) is -1.20. The molecule has 86 valence electrons. The van der Waals surface area contributed by atoms with E-state index >= 15 is 0 Å². The fourth-order valence-electron chi connectivity index (χ4n) is 1.36. The molecular weight excluding hydrogens is 212 g/mol. The number of carbonyl (C=O) groups excluding carboxylic acids is 1. The number of rotatable bonds is 4. The van der Waals surface area contributed by atoms with Crippen molar-refractivity contribution in [1.29, 1.82) is 0 Å². The Morgan fingerprint density at radius 1 is 1.44 bits per heavy atom. The molecule has 2 nitrogen and oxygen atoms in total. The van der Waals surface area contributed by atoms with Crippen LogP contribution in [0.25, 0.3) is 6.08 Å². The van der Waals surface area contributed by atoms with Gasteiger partial charge in [-0.15, -0.1) is 0 Å². The van der Waals surface area contributed by atoms with Gasteiger partial charge in [-0.2, -0.15) is 0 Å². The second-order valence-electron chi connectivity index (χ2n) is 3.68. The topological polar surface area (TPSA) is 20.3 Å². The number of halogens is 2. The van der Waals surface area contributed by atoms with Crippen molar-refractivity contribution < 1.29 is 13.6 Å². The van der Waals surface area contributed by atoms with Crippen molar-refractivity contribution in [3.63, 3.8) is 0 Å². The zero-order chi connectivity index (χ0) is 12.1. The van der Waals surface area contributed by atoms with Gasteiger partial charge in [-0.1, -0.05) is 11.6 Å². The zero-order valence-corrected chi connectivity index (χ0v) is 9.21. The molecule has 16 heavy (non-hydrogen) atoms. The van der Waals surface area contributed by atoms with E-state index in [1.165, 1.54) is 17.0 Å². The average molecular weight is 225 g/mol. The van der Waals surface area contributed by atoms with Gasteiger partial charge in [-0.05, 0) is 19.1 Å². The molecule has 0 spiro atoms. The van der Waals surface area contributed by atoms with Crippen LogP contribution in [0.1, 0.15) is 12.5 Å². The second kappa shape index (κ2) is 5.39. The van der Waals surface area contributed by atoms with Crippen LogP contribution >= 0.6 is 0 Å². The highest BCUT2D eigenvalue weighted by Gasteiger charge is 2.02. The third-order valence-corrected chi connectivity index (χ3v) is 2.04. The number of hydrogen-bond acceptors (Lipinski definition) is 1.